The average molecular weight is 484 g/mol. The van der Waals surface area contributed by atoms with Gasteiger partial charge in [-0.3, -0.25) is 9.88 Å². The molecule has 5 heterocycles. The molecule has 9 nitrogen and oxygen atoms in total. The molecule has 36 heavy (non-hydrogen) atoms. The maximum Gasteiger partial charge on any atom is 0.138 e. The van der Waals surface area contributed by atoms with Crippen LogP contribution in [0.5, 0.6) is 5.75 Å². The van der Waals surface area contributed by atoms with Crippen LogP contribution in [0.3, 0.4) is 0 Å². The van der Waals surface area contributed by atoms with Crippen molar-refractivity contribution in [3.8, 4) is 22.9 Å². The Morgan fingerprint density at radius 1 is 1.08 bits per heavy atom. The summed E-state index contributed by atoms with van der Waals surface area (Å²) < 4.78 is 12.9. The van der Waals surface area contributed by atoms with Gasteiger partial charge in [0.1, 0.15) is 24.2 Å². The van der Waals surface area contributed by atoms with Crippen molar-refractivity contribution < 1.29 is 9.47 Å². The summed E-state index contributed by atoms with van der Waals surface area (Å²) >= 11 is 0. The van der Waals surface area contributed by atoms with Crippen LogP contribution in [-0.2, 0) is 11.3 Å². The van der Waals surface area contributed by atoms with E-state index in [1.54, 1.807) is 24.0 Å². The van der Waals surface area contributed by atoms with E-state index >= 15 is 0 Å². The summed E-state index contributed by atoms with van der Waals surface area (Å²) in [7, 11) is 1.66. The Balaban J connectivity index is 1.33. The lowest BCUT2D eigenvalue weighted by Gasteiger charge is -2.35. The van der Waals surface area contributed by atoms with E-state index in [-0.39, 0.29) is 6.10 Å². The van der Waals surface area contributed by atoms with Gasteiger partial charge in [0.05, 0.1) is 35.3 Å². The van der Waals surface area contributed by atoms with E-state index in [0.717, 1.165) is 60.9 Å². The average Bonchev–Trinajstić information content (AvgIpc) is 3.35. The molecule has 1 atom stereocenters. The monoisotopic (exact) mass is 483 g/mol. The summed E-state index contributed by atoms with van der Waals surface area (Å²) in [6.45, 7) is 6.96. The normalized spacial score (nSPS) is 15.1. The summed E-state index contributed by atoms with van der Waals surface area (Å²) in [6, 6.07) is 14.3. The van der Waals surface area contributed by atoms with Crippen LogP contribution >= 0.6 is 0 Å². The first-order valence-electron chi connectivity index (χ1n) is 12.1. The molecule has 1 fully saturated rings. The number of rotatable bonds is 8. The zero-order chi connectivity index (χ0) is 24.9. The van der Waals surface area contributed by atoms with Crippen LogP contribution in [0.25, 0.3) is 16.6 Å². The van der Waals surface area contributed by atoms with Gasteiger partial charge in [0, 0.05) is 63.4 Å². The van der Waals surface area contributed by atoms with E-state index in [9.17, 15) is 5.26 Å². The molecule has 1 saturated heterocycles. The Bertz CT molecular complexity index is 1340. The van der Waals surface area contributed by atoms with Gasteiger partial charge in [0.15, 0.2) is 0 Å². The first kappa shape index (κ1) is 23.7. The Hall–Kier alpha value is -4.00. The van der Waals surface area contributed by atoms with Gasteiger partial charge < -0.3 is 14.4 Å². The van der Waals surface area contributed by atoms with Crippen molar-refractivity contribution in [3.05, 3.63) is 72.4 Å². The maximum absolute atomic E-state index is 9.62. The van der Waals surface area contributed by atoms with E-state index in [1.807, 2.05) is 49.6 Å². The van der Waals surface area contributed by atoms with E-state index in [1.165, 1.54) is 0 Å². The van der Waals surface area contributed by atoms with Gasteiger partial charge >= 0.3 is 0 Å². The number of nitrogens with zero attached hydrogens (tertiary/aromatic N) is 7. The third-order valence-corrected chi connectivity index (χ3v) is 6.46. The fourth-order valence-electron chi connectivity index (χ4n) is 4.35. The zero-order valence-electron chi connectivity index (χ0n) is 20.5. The van der Waals surface area contributed by atoms with Crippen molar-refractivity contribution in [1.29, 1.82) is 5.26 Å². The van der Waals surface area contributed by atoms with Gasteiger partial charge in [-0.1, -0.05) is 6.07 Å². The lowest BCUT2D eigenvalue weighted by molar-refractivity contribution is 0.0715. The molecule has 0 bridgehead atoms. The zero-order valence-corrected chi connectivity index (χ0v) is 20.5. The highest BCUT2D eigenvalue weighted by Gasteiger charge is 2.19. The van der Waals surface area contributed by atoms with Crippen LogP contribution in [-0.4, -0.2) is 70.5 Å². The minimum Gasteiger partial charge on any atom is -0.489 e. The molecule has 0 unspecified atom stereocenters. The number of hydrogen-bond acceptors (Lipinski definition) is 8. The van der Waals surface area contributed by atoms with Crippen LogP contribution in [0, 0.1) is 11.3 Å². The molecule has 0 spiro atoms. The van der Waals surface area contributed by atoms with Crippen LogP contribution < -0.4 is 9.64 Å². The third-order valence-electron chi connectivity index (χ3n) is 6.46. The molecule has 0 aromatic carbocycles. The molecule has 0 saturated carbocycles. The number of piperazine rings is 1. The van der Waals surface area contributed by atoms with Gasteiger partial charge in [-0.2, -0.15) is 10.4 Å². The molecule has 0 amide bonds. The number of methoxy groups -OCH3 is 1. The first-order valence-corrected chi connectivity index (χ1v) is 12.1. The highest BCUT2D eigenvalue weighted by molar-refractivity contribution is 5.85. The molecular formula is C27H29N7O2. The highest BCUT2D eigenvalue weighted by atomic mass is 16.5. The Labute approximate surface area is 210 Å². The molecule has 0 N–H and O–H groups in total. The Morgan fingerprint density at radius 2 is 1.94 bits per heavy atom. The van der Waals surface area contributed by atoms with Crippen molar-refractivity contribution >= 4 is 11.3 Å². The summed E-state index contributed by atoms with van der Waals surface area (Å²) in [5.74, 6) is 1.60. The van der Waals surface area contributed by atoms with Crippen LogP contribution in [0.2, 0.25) is 0 Å². The molecule has 1 aliphatic heterocycles. The van der Waals surface area contributed by atoms with Crippen molar-refractivity contribution in [2.75, 3.05) is 44.8 Å². The second-order valence-corrected chi connectivity index (χ2v) is 8.90. The topological polar surface area (TPSA) is 91.8 Å². The van der Waals surface area contributed by atoms with Gasteiger partial charge in [-0.05, 0) is 37.3 Å². The Morgan fingerprint density at radius 3 is 2.64 bits per heavy atom. The second kappa shape index (κ2) is 10.7. The van der Waals surface area contributed by atoms with Crippen molar-refractivity contribution in [2.45, 2.75) is 19.6 Å². The highest BCUT2D eigenvalue weighted by Crippen LogP contribution is 2.31. The molecule has 4 aromatic heterocycles. The van der Waals surface area contributed by atoms with E-state index in [2.05, 4.69) is 32.0 Å². The summed E-state index contributed by atoms with van der Waals surface area (Å²) in [5, 5.41) is 14.0. The molecule has 1 aliphatic rings. The molecule has 9 heteroatoms. The first-order chi connectivity index (χ1) is 17.6. The predicted molar refractivity (Wildman–Crippen MR) is 137 cm³/mol. The maximum atomic E-state index is 9.62. The summed E-state index contributed by atoms with van der Waals surface area (Å²) in [5.41, 5.74) is 4.10. The third kappa shape index (κ3) is 5.15. The van der Waals surface area contributed by atoms with Crippen molar-refractivity contribution in [2.24, 2.45) is 0 Å². The molecule has 5 rings (SSSR count). The largest absolute Gasteiger partial charge is 0.489 e. The van der Waals surface area contributed by atoms with Gasteiger partial charge in [0.25, 0.3) is 0 Å². The van der Waals surface area contributed by atoms with E-state index in [4.69, 9.17) is 14.5 Å². The van der Waals surface area contributed by atoms with Crippen molar-refractivity contribution in [1.82, 2.24) is 24.5 Å². The fourth-order valence-corrected chi connectivity index (χ4v) is 4.35. The van der Waals surface area contributed by atoms with Gasteiger partial charge in [0.2, 0.25) is 0 Å². The number of aromatic nitrogens is 4. The fraction of sp³-hybridized carbons (Fsp3) is 0.333. The minimum absolute atomic E-state index is 0.0400. The molecule has 184 valence electrons. The van der Waals surface area contributed by atoms with E-state index in [0.29, 0.717) is 17.9 Å². The number of ether oxygens (including phenoxy) is 2. The predicted octanol–water partition coefficient (Wildman–Crippen LogP) is 3.40. The van der Waals surface area contributed by atoms with Crippen LogP contribution in [0.15, 0.2) is 61.2 Å². The number of anilines is 1. The molecule has 0 aliphatic carbocycles. The molecular weight excluding hydrogens is 454 g/mol. The van der Waals surface area contributed by atoms with Gasteiger partial charge in [-0.25, -0.2) is 9.50 Å². The number of pyridine rings is 3. The summed E-state index contributed by atoms with van der Waals surface area (Å²) in [4.78, 5) is 13.9. The quantitative estimate of drug-likeness (QED) is 0.377. The van der Waals surface area contributed by atoms with Crippen LogP contribution in [0.4, 0.5) is 5.82 Å². The Kier molecular flexibility index (Phi) is 7.07. The standard InChI is InChI=1S/C27H29N7O2/c1-20(35-2)19-36-24-13-25(27-22(14-28)16-31-34(27)18-24)21-6-7-26(30-15-21)33-11-9-32(10-12-33)17-23-5-3-4-8-29-23/h3-8,13,15-16,18,20H,9-12,17,19H2,1-2H3/t20-/m0/s1. The summed E-state index contributed by atoms with van der Waals surface area (Å²) in [6.07, 6.45) is 7.03. The lowest BCUT2D eigenvalue weighted by atomic mass is 10.1. The lowest BCUT2D eigenvalue weighted by Crippen LogP contribution is -2.46. The van der Waals surface area contributed by atoms with Gasteiger partial charge in [-0.15, -0.1) is 0 Å². The molecule has 4 aromatic rings. The van der Waals surface area contributed by atoms with Crippen molar-refractivity contribution in [3.63, 3.8) is 0 Å². The number of nitriles is 1. The number of hydrogen-bond donors (Lipinski definition) is 0. The number of fused-ring (bicyclic) bond motifs is 1. The second-order valence-electron chi connectivity index (χ2n) is 8.90. The van der Waals surface area contributed by atoms with E-state index < -0.39 is 0 Å². The molecule has 0 radical (unpaired) electrons. The smallest absolute Gasteiger partial charge is 0.138 e. The minimum atomic E-state index is -0.0400. The van der Waals surface area contributed by atoms with Crippen LogP contribution in [0.1, 0.15) is 18.2 Å². The SMILES string of the molecule is CO[C@@H](C)COc1cc(-c2ccc(N3CCN(Cc4ccccn4)CC3)nc2)c2c(C#N)cnn2c1.